The maximum atomic E-state index is 12.0. The zero-order valence-electron chi connectivity index (χ0n) is 10.9. The molecule has 1 fully saturated rings. The molecule has 1 aliphatic rings. The molecule has 0 heterocycles. The van der Waals surface area contributed by atoms with Crippen molar-refractivity contribution in [3.8, 4) is 0 Å². The number of amides is 1. The number of nitrogens with two attached hydrogens (primary N) is 1. The third-order valence-corrected chi connectivity index (χ3v) is 3.41. The van der Waals surface area contributed by atoms with E-state index in [1.54, 1.807) is 0 Å². The Kier molecular flexibility index (Phi) is 5.91. The summed E-state index contributed by atoms with van der Waals surface area (Å²) in [5, 5.41) is 14.5. The van der Waals surface area contributed by atoms with Crippen molar-refractivity contribution in [1.29, 1.82) is 0 Å². The predicted molar refractivity (Wildman–Crippen MR) is 68.4 cm³/mol. The van der Waals surface area contributed by atoms with Gasteiger partial charge in [0.2, 0.25) is 5.91 Å². The lowest BCUT2D eigenvalue weighted by Crippen LogP contribution is -2.54. The molecule has 1 saturated carbocycles. The molecule has 0 radical (unpaired) electrons. The Labute approximate surface area is 108 Å². The van der Waals surface area contributed by atoms with E-state index in [2.05, 4.69) is 17.4 Å². The Morgan fingerprint density at radius 2 is 2.22 bits per heavy atom. The van der Waals surface area contributed by atoms with Crippen LogP contribution in [0.2, 0.25) is 0 Å². The number of carbonyl (C=O) groups is 1. The molecule has 0 bridgehead atoms. The molecule has 0 aliphatic heterocycles. The molecule has 18 heavy (non-hydrogen) atoms. The van der Waals surface area contributed by atoms with Gasteiger partial charge in [-0.3, -0.25) is 4.79 Å². The maximum Gasteiger partial charge on any atom is 0.234 e. The van der Waals surface area contributed by atoms with E-state index in [-0.39, 0.29) is 11.7 Å². The average Bonchev–Trinajstić information content (AvgIpc) is 2.32. The van der Waals surface area contributed by atoms with Gasteiger partial charge in [-0.15, -0.1) is 0 Å². The molecule has 4 N–H and O–H groups in total. The lowest BCUT2D eigenvalue weighted by Gasteiger charge is -2.38. The first-order valence-corrected chi connectivity index (χ1v) is 6.51. The predicted octanol–water partition coefficient (Wildman–Crippen LogP) is 0.836. The molecule has 0 atom stereocenters. The van der Waals surface area contributed by atoms with Crippen molar-refractivity contribution < 1.29 is 14.7 Å². The topological polar surface area (TPSA) is 96.9 Å². The van der Waals surface area contributed by atoms with Crippen LogP contribution < -0.4 is 11.1 Å². The van der Waals surface area contributed by atoms with Gasteiger partial charge in [0.1, 0.15) is 5.41 Å². The van der Waals surface area contributed by atoms with Gasteiger partial charge in [-0.2, -0.15) is 0 Å². The number of nitrogens with one attached hydrogen (secondary N) is 1. The minimum atomic E-state index is -0.793. The molecular weight excluding hydrogens is 234 g/mol. The second-order valence-corrected chi connectivity index (χ2v) is 4.64. The highest BCUT2D eigenvalue weighted by Crippen LogP contribution is 2.41. The molecular formula is C12H23N3O3. The van der Waals surface area contributed by atoms with Crippen LogP contribution in [0, 0.1) is 5.41 Å². The van der Waals surface area contributed by atoms with E-state index in [0.29, 0.717) is 26.0 Å². The molecule has 1 aliphatic carbocycles. The molecule has 0 aromatic carbocycles. The van der Waals surface area contributed by atoms with E-state index in [4.69, 9.17) is 15.7 Å². The van der Waals surface area contributed by atoms with E-state index in [9.17, 15) is 4.79 Å². The van der Waals surface area contributed by atoms with Gasteiger partial charge in [0.05, 0.1) is 6.61 Å². The van der Waals surface area contributed by atoms with Crippen molar-refractivity contribution in [3.05, 3.63) is 0 Å². The Hall–Kier alpha value is -1.30. The number of nitrogens with zero attached hydrogens (tertiary/aromatic N) is 1. The fraction of sp³-hybridized carbons (Fsp3) is 0.833. The minimum Gasteiger partial charge on any atom is -0.409 e. The Morgan fingerprint density at radius 3 is 2.72 bits per heavy atom. The van der Waals surface area contributed by atoms with Gasteiger partial charge in [0.25, 0.3) is 0 Å². The number of oxime groups is 1. The van der Waals surface area contributed by atoms with Crippen molar-refractivity contribution in [1.82, 2.24) is 5.32 Å². The monoisotopic (exact) mass is 257 g/mol. The summed E-state index contributed by atoms with van der Waals surface area (Å²) in [4.78, 5) is 12.0. The number of amidine groups is 1. The van der Waals surface area contributed by atoms with Gasteiger partial charge in [-0.25, -0.2) is 0 Å². The number of rotatable bonds is 8. The third-order valence-electron chi connectivity index (χ3n) is 3.41. The lowest BCUT2D eigenvalue weighted by atomic mass is 9.67. The number of unbranched alkanes of at least 4 members (excludes halogenated alkanes) is 1. The van der Waals surface area contributed by atoms with Gasteiger partial charge in [0, 0.05) is 13.2 Å². The molecule has 1 rings (SSSR count). The van der Waals surface area contributed by atoms with Crippen LogP contribution in [0.3, 0.4) is 0 Å². The highest BCUT2D eigenvalue weighted by Gasteiger charge is 2.48. The molecule has 0 aromatic rings. The van der Waals surface area contributed by atoms with Gasteiger partial charge >= 0.3 is 0 Å². The maximum absolute atomic E-state index is 12.0. The van der Waals surface area contributed by atoms with E-state index in [1.807, 2.05) is 0 Å². The highest BCUT2D eigenvalue weighted by atomic mass is 16.5. The molecule has 104 valence electrons. The van der Waals surface area contributed by atoms with Crippen LogP contribution in [0.15, 0.2) is 5.16 Å². The van der Waals surface area contributed by atoms with E-state index in [0.717, 1.165) is 25.9 Å². The second-order valence-electron chi connectivity index (χ2n) is 4.64. The summed E-state index contributed by atoms with van der Waals surface area (Å²) in [6, 6.07) is 0. The smallest absolute Gasteiger partial charge is 0.234 e. The number of hydrogen-bond donors (Lipinski definition) is 3. The number of ether oxygens (including phenoxy) is 1. The molecule has 0 saturated heterocycles. The summed E-state index contributed by atoms with van der Waals surface area (Å²) >= 11 is 0. The van der Waals surface area contributed by atoms with Crippen LogP contribution >= 0.6 is 0 Å². The quantitative estimate of drug-likeness (QED) is 0.197. The van der Waals surface area contributed by atoms with E-state index >= 15 is 0 Å². The summed E-state index contributed by atoms with van der Waals surface area (Å²) in [6.07, 6.45) is 4.34. The van der Waals surface area contributed by atoms with Gasteiger partial charge in [-0.05, 0) is 19.3 Å². The number of carbonyl (C=O) groups excluding carboxylic acids is 1. The molecule has 6 heteroatoms. The summed E-state index contributed by atoms with van der Waals surface area (Å²) in [6.45, 7) is 3.78. The molecule has 1 amide bonds. The average molecular weight is 257 g/mol. The first-order valence-electron chi connectivity index (χ1n) is 6.51. The fourth-order valence-electron chi connectivity index (χ4n) is 1.98. The zero-order valence-corrected chi connectivity index (χ0v) is 10.9. The SMILES string of the molecule is CCCCOCCNC(=O)C1(C(N)=NO)CCC1. The Balaban J connectivity index is 2.27. The van der Waals surface area contributed by atoms with Crippen LogP contribution in [0.4, 0.5) is 0 Å². The normalized spacial score (nSPS) is 18.2. The van der Waals surface area contributed by atoms with Gasteiger partial charge < -0.3 is 21.0 Å². The van der Waals surface area contributed by atoms with Crippen LogP contribution in [0.5, 0.6) is 0 Å². The van der Waals surface area contributed by atoms with Crippen molar-refractivity contribution in [2.45, 2.75) is 39.0 Å². The number of hydrogen-bond acceptors (Lipinski definition) is 4. The largest absolute Gasteiger partial charge is 0.409 e. The summed E-state index contributed by atoms with van der Waals surface area (Å²) in [5.41, 5.74) is 4.80. The summed E-state index contributed by atoms with van der Waals surface area (Å²) < 4.78 is 5.35. The Morgan fingerprint density at radius 1 is 1.50 bits per heavy atom. The van der Waals surface area contributed by atoms with Gasteiger partial charge in [-0.1, -0.05) is 24.9 Å². The van der Waals surface area contributed by atoms with Crippen LogP contribution in [-0.2, 0) is 9.53 Å². The van der Waals surface area contributed by atoms with Crippen LogP contribution in [-0.4, -0.2) is 36.7 Å². The third kappa shape index (κ3) is 3.35. The molecule has 0 unspecified atom stereocenters. The first kappa shape index (κ1) is 14.8. The standard InChI is InChI=1S/C12H23N3O3/c1-2-3-8-18-9-7-14-11(16)12(5-4-6-12)10(13)15-17/h17H,2-9H2,1H3,(H2,13,15)(H,14,16). The summed E-state index contributed by atoms with van der Waals surface area (Å²) in [7, 11) is 0. The van der Waals surface area contributed by atoms with Crippen molar-refractivity contribution >= 4 is 11.7 Å². The fourth-order valence-corrected chi connectivity index (χ4v) is 1.98. The Bertz CT molecular complexity index is 301. The first-order chi connectivity index (χ1) is 8.67. The van der Waals surface area contributed by atoms with Crippen molar-refractivity contribution in [2.24, 2.45) is 16.3 Å². The van der Waals surface area contributed by atoms with Crippen LogP contribution in [0.25, 0.3) is 0 Å². The van der Waals surface area contributed by atoms with E-state index in [1.165, 1.54) is 0 Å². The second kappa shape index (κ2) is 7.20. The molecule has 6 nitrogen and oxygen atoms in total. The lowest BCUT2D eigenvalue weighted by molar-refractivity contribution is -0.131. The molecule has 0 spiro atoms. The summed E-state index contributed by atoms with van der Waals surface area (Å²) in [5.74, 6) is -0.152. The van der Waals surface area contributed by atoms with Gasteiger partial charge in [0.15, 0.2) is 5.84 Å². The van der Waals surface area contributed by atoms with Crippen molar-refractivity contribution in [2.75, 3.05) is 19.8 Å². The van der Waals surface area contributed by atoms with Crippen molar-refractivity contribution in [3.63, 3.8) is 0 Å². The molecule has 0 aromatic heterocycles. The van der Waals surface area contributed by atoms with E-state index < -0.39 is 5.41 Å². The minimum absolute atomic E-state index is 0.0122. The highest BCUT2D eigenvalue weighted by molar-refractivity contribution is 6.07. The zero-order chi connectivity index (χ0) is 13.4. The van der Waals surface area contributed by atoms with Crippen LogP contribution in [0.1, 0.15) is 39.0 Å².